The largest absolute Gasteiger partial charge is 0.343 e. The highest BCUT2D eigenvalue weighted by Crippen LogP contribution is 2.33. The highest BCUT2D eigenvalue weighted by molar-refractivity contribution is 9.10. The highest BCUT2D eigenvalue weighted by atomic mass is 79.9. The zero-order valence-corrected chi connectivity index (χ0v) is 16.1. The number of likely N-dealkylation sites (N-methyl/N-ethyl adjacent to an activating group) is 1. The van der Waals surface area contributed by atoms with Gasteiger partial charge in [0.25, 0.3) is 0 Å². The summed E-state index contributed by atoms with van der Waals surface area (Å²) >= 11 is 3.45. The maximum atomic E-state index is 12.9. The SMILES string of the molecule is CCC1C(=O)N(C)C2C=N[C@H](n3ccnc3Br)N=C2N1C1CCCC1. The summed E-state index contributed by atoms with van der Waals surface area (Å²) in [5.41, 5.74) is 0. The summed E-state index contributed by atoms with van der Waals surface area (Å²) in [5.74, 6) is 1.15. The Kier molecular flexibility index (Phi) is 4.39. The van der Waals surface area contributed by atoms with Gasteiger partial charge in [-0.1, -0.05) is 19.8 Å². The number of aromatic nitrogens is 2. The van der Waals surface area contributed by atoms with Crippen molar-refractivity contribution in [2.45, 2.75) is 63.4 Å². The molecular weight excluding hydrogens is 384 g/mol. The second kappa shape index (κ2) is 6.55. The highest BCUT2D eigenvalue weighted by Gasteiger charge is 2.46. The van der Waals surface area contributed by atoms with Gasteiger partial charge in [0.1, 0.15) is 17.9 Å². The van der Waals surface area contributed by atoms with E-state index in [0.29, 0.717) is 10.8 Å². The summed E-state index contributed by atoms with van der Waals surface area (Å²) in [6, 6.07) is 0.109. The van der Waals surface area contributed by atoms with E-state index in [1.165, 1.54) is 12.8 Å². The van der Waals surface area contributed by atoms with E-state index in [1.807, 2.05) is 24.0 Å². The summed E-state index contributed by atoms with van der Waals surface area (Å²) in [7, 11) is 1.86. The fourth-order valence-corrected chi connectivity index (χ4v) is 4.61. The minimum Gasteiger partial charge on any atom is -0.343 e. The molecular formula is C17H23BrN6O. The maximum Gasteiger partial charge on any atom is 0.245 e. The Balaban J connectivity index is 1.75. The van der Waals surface area contributed by atoms with Crippen LogP contribution in [0, 0.1) is 0 Å². The minimum absolute atomic E-state index is 0.124. The summed E-state index contributed by atoms with van der Waals surface area (Å²) in [5, 5.41) is 0. The molecule has 1 saturated heterocycles. The summed E-state index contributed by atoms with van der Waals surface area (Å²) in [4.78, 5) is 30.7. The quantitative estimate of drug-likeness (QED) is 0.773. The van der Waals surface area contributed by atoms with Crippen LogP contribution in [-0.2, 0) is 4.79 Å². The van der Waals surface area contributed by atoms with Crippen LogP contribution in [-0.4, -0.2) is 62.5 Å². The lowest BCUT2D eigenvalue weighted by Crippen LogP contribution is -2.66. The summed E-state index contributed by atoms with van der Waals surface area (Å²) in [6.07, 6.45) is 10.6. The number of carbonyl (C=O) groups is 1. The molecule has 0 spiro atoms. The fourth-order valence-electron chi connectivity index (χ4n) is 4.19. The molecule has 2 unspecified atom stereocenters. The van der Waals surface area contributed by atoms with E-state index >= 15 is 0 Å². The Labute approximate surface area is 156 Å². The number of rotatable bonds is 3. The maximum absolute atomic E-state index is 12.9. The van der Waals surface area contributed by atoms with E-state index in [0.717, 1.165) is 25.1 Å². The van der Waals surface area contributed by atoms with E-state index in [4.69, 9.17) is 4.99 Å². The van der Waals surface area contributed by atoms with Gasteiger partial charge >= 0.3 is 0 Å². The molecule has 25 heavy (non-hydrogen) atoms. The molecule has 0 aromatic carbocycles. The van der Waals surface area contributed by atoms with Crippen molar-refractivity contribution in [3.8, 4) is 0 Å². The Morgan fingerprint density at radius 2 is 2.08 bits per heavy atom. The summed E-state index contributed by atoms with van der Waals surface area (Å²) < 4.78 is 2.60. The molecule has 2 fully saturated rings. The molecule has 1 amide bonds. The molecule has 3 atom stereocenters. The average molecular weight is 407 g/mol. The molecule has 1 aromatic heterocycles. The first kappa shape index (κ1) is 16.8. The number of halogens is 1. The molecule has 134 valence electrons. The van der Waals surface area contributed by atoms with Gasteiger partial charge in [-0.3, -0.25) is 9.36 Å². The molecule has 0 bridgehead atoms. The predicted molar refractivity (Wildman–Crippen MR) is 99.6 cm³/mol. The van der Waals surface area contributed by atoms with Gasteiger partial charge in [0, 0.05) is 31.7 Å². The monoisotopic (exact) mass is 406 g/mol. The zero-order chi connectivity index (χ0) is 17.6. The fraction of sp³-hybridized carbons (Fsp3) is 0.647. The number of amidine groups is 1. The molecule has 1 aromatic rings. The second-order valence-electron chi connectivity index (χ2n) is 6.90. The number of nitrogens with zero attached hydrogens (tertiary/aromatic N) is 6. The first-order valence-corrected chi connectivity index (χ1v) is 9.75. The van der Waals surface area contributed by atoms with Gasteiger partial charge in [0.15, 0.2) is 4.73 Å². The minimum atomic E-state index is -0.369. The molecule has 1 aliphatic carbocycles. The van der Waals surface area contributed by atoms with Crippen LogP contribution >= 0.6 is 15.9 Å². The lowest BCUT2D eigenvalue weighted by molar-refractivity contribution is -0.137. The Morgan fingerprint density at radius 1 is 1.32 bits per heavy atom. The number of hydrogen-bond donors (Lipinski definition) is 0. The van der Waals surface area contributed by atoms with Crippen LogP contribution in [0.15, 0.2) is 27.1 Å². The molecule has 2 aliphatic heterocycles. The van der Waals surface area contributed by atoms with Crippen molar-refractivity contribution in [1.82, 2.24) is 19.4 Å². The molecule has 1 saturated carbocycles. The van der Waals surface area contributed by atoms with Crippen LogP contribution in [0.4, 0.5) is 0 Å². The van der Waals surface area contributed by atoms with Crippen molar-refractivity contribution in [3.63, 3.8) is 0 Å². The van der Waals surface area contributed by atoms with Crippen LogP contribution in [0.1, 0.15) is 45.3 Å². The predicted octanol–water partition coefficient (Wildman–Crippen LogP) is 2.45. The Morgan fingerprint density at radius 3 is 2.72 bits per heavy atom. The van der Waals surface area contributed by atoms with Crippen LogP contribution in [0.25, 0.3) is 0 Å². The van der Waals surface area contributed by atoms with Gasteiger partial charge in [-0.15, -0.1) is 0 Å². The molecule has 3 heterocycles. The Bertz CT molecular complexity index is 722. The normalized spacial score (nSPS) is 30.0. The molecule has 0 radical (unpaired) electrons. The third kappa shape index (κ3) is 2.70. The molecule has 3 aliphatic rings. The average Bonchev–Trinajstić information content (AvgIpc) is 3.29. The lowest BCUT2D eigenvalue weighted by atomic mass is 9.99. The summed E-state index contributed by atoms with van der Waals surface area (Å²) in [6.45, 7) is 2.08. The van der Waals surface area contributed by atoms with Crippen LogP contribution in [0.2, 0.25) is 0 Å². The third-order valence-electron chi connectivity index (χ3n) is 5.50. The van der Waals surface area contributed by atoms with Crippen molar-refractivity contribution in [2.75, 3.05) is 7.05 Å². The molecule has 0 N–H and O–H groups in total. The first-order valence-electron chi connectivity index (χ1n) is 8.96. The topological polar surface area (TPSA) is 66.1 Å². The van der Waals surface area contributed by atoms with Crippen molar-refractivity contribution in [3.05, 3.63) is 17.1 Å². The van der Waals surface area contributed by atoms with Crippen LogP contribution in [0.3, 0.4) is 0 Å². The number of piperazine rings is 1. The Hall–Kier alpha value is -1.70. The molecule has 7 nitrogen and oxygen atoms in total. The van der Waals surface area contributed by atoms with E-state index in [-0.39, 0.29) is 24.3 Å². The number of aliphatic imine (C=N–C) groups is 2. The van der Waals surface area contributed by atoms with Gasteiger partial charge in [0.2, 0.25) is 12.2 Å². The van der Waals surface area contributed by atoms with E-state index in [1.54, 1.807) is 11.1 Å². The van der Waals surface area contributed by atoms with Gasteiger partial charge in [0.05, 0.1) is 0 Å². The van der Waals surface area contributed by atoms with Crippen molar-refractivity contribution >= 4 is 33.9 Å². The van der Waals surface area contributed by atoms with Gasteiger partial charge in [-0.2, -0.15) is 0 Å². The number of carbonyl (C=O) groups excluding carboxylic acids is 1. The number of fused-ring (bicyclic) bond motifs is 1. The van der Waals surface area contributed by atoms with Crippen molar-refractivity contribution in [2.24, 2.45) is 9.98 Å². The van der Waals surface area contributed by atoms with Crippen molar-refractivity contribution < 1.29 is 4.79 Å². The van der Waals surface area contributed by atoms with Crippen molar-refractivity contribution in [1.29, 1.82) is 0 Å². The van der Waals surface area contributed by atoms with Gasteiger partial charge < -0.3 is 9.80 Å². The van der Waals surface area contributed by atoms with Crippen LogP contribution in [0.5, 0.6) is 0 Å². The van der Waals surface area contributed by atoms with E-state index in [9.17, 15) is 4.79 Å². The standard InChI is InChI=1S/C17H23BrN6O/c1-3-12-15(25)22(2)13-10-20-17(23-9-8-19-16(23)18)21-14(13)24(12)11-6-4-5-7-11/h8-13,17H,3-7H2,1-2H3/t12?,13?,17-/m0/s1. The molecule has 4 rings (SSSR count). The number of amides is 1. The van der Waals surface area contributed by atoms with Gasteiger partial charge in [-0.05, 0) is 35.2 Å². The lowest BCUT2D eigenvalue weighted by Gasteiger charge is -2.48. The molecule has 8 heteroatoms. The van der Waals surface area contributed by atoms with E-state index in [2.05, 4.69) is 37.7 Å². The van der Waals surface area contributed by atoms with Crippen LogP contribution < -0.4 is 0 Å². The zero-order valence-electron chi connectivity index (χ0n) is 14.5. The second-order valence-corrected chi connectivity index (χ2v) is 7.61. The van der Waals surface area contributed by atoms with E-state index < -0.39 is 0 Å². The number of hydrogen-bond acceptors (Lipinski definition) is 5. The third-order valence-corrected chi connectivity index (χ3v) is 6.11. The van der Waals surface area contributed by atoms with Gasteiger partial charge in [-0.25, -0.2) is 15.0 Å². The first-order chi connectivity index (χ1) is 12.1. The number of imidazole rings is 1. The smallest absolute Gasteiger partial charge is 0.245 e.